The van der Waals surface area contributed by atoms with Crippen LogP contribution in [0.2, 0.25) is 0 Å². The van der Waals surface area contributed by atoms with E-state index in [0.717, 1.165) is 5.56 Å². The number of hydrogen-bond donors (Lipinski definition) is 1. The molecule has 0 aromatic heterocycles. The van der Waals surface area contributed by atoms with Gasteiger partial charge in [0.05, 0.1) is 12.7 Å². The van der Waals surface area contributed by atoms with E-state index in [1.165, 1.54) is 0 Å². The number of benzene rings is 1. The zero-order valence-electron chi connectivity index (χ0n) is 8.79. The average molecular weight is 230 g/mol. The fraction of sp³-hybridized carbons (Fsp3) is 0.400. The number of hydrogen-bond acceptors (Lipinski definition) is 3. The topological polar surface area (TPSA) is 55.8 Å². The molecule has 0 saturated heterocycles. The van der Waals surface area contributed by atoms with Gasteiger partial charge in [-0.25, -0.2) is 4.57 Å². The zero-order chi connectivity index (χ0) is 11.3. The number of phosphoric acid groups is 1. The lowest BCUT2D eigenvalue weighted by molar-refractivity contribution is 0.116. The largest absolute Gasteiger partial charge is 0.472 e. The van der Waals surface area contributed by atoms with Crippen molar-refractivity contribution in [3.05, 3.63) is 35.9 Å². The first-order valence-electron chi connectivity index (χ1n) is 4.69. The quantitative estimate of drug-likeness (QED) is 0.790. The normalized spacial score (nSPS) is 15.2. The molecule has 1 N–H and O–H groups in total. The lowest BCUT2D eigenvalue weighted by atomic mass is 10.2. The molecule has 0 radical (unpaired) electrons. The first-order chi connectivity index (χ1) is 6.99. The van der Waals surface area contributed by atoms with Gasteiger partial charge in [0.2, 0.25) is 0 Å². The molecule has 0 heterocycles. The SMILES string of the molecule is CC(C)OP(=O)(O)OCc1ccccc1. The van der Waals surface area contributed by atoms with Crippen molar-refractivity contribution in [3.8, 4) is 0 Å². The van der Waals surface area contributed by atoms with Gasteiger partial charge in [0.1, 0.15) is 0 Å². The predicted octanol–water partition coefficient (Wildman–Crippen LogP) is 2.73. The monoisotopic (exact) mass is 230 g/mol. The van der Waals surface area contributed by atoms with Crippen LogP contribution in [0.4, 0.5) is 0 Å². The minimum absolute atomic E-state index is 0.0708. The van der Waals surface area contributed by atoms with E-state index in [2.05, 4.69) is 0 Å². The van der Waals surface area contributed by atoms with Gasteiger partial charge >= 0.3 is 7.82 Å². The van der Waals surface area contributed by atoms with Crippen molar-refractivity contribution in [2.24, 2.45) is 0 Å². The maximum absolute atomic E-state index is 11.3. The van der Waals surface area contributed by atoms with Crippen LogP contribution in [0, 0.1) is 0 Å². The first-order valence-corrected chi connectivity index (χ1v) is 6.19. The van der Waals surface area contributed by atoms with Gasteiger partial charge in [0.25, 0.3) is 0 Å². The minimum atomic E-state index is -3.91. The Labute approximate surface area is 89.5 Å². The summed E-state index contributed by atoms with van der Waals surface area (Å²) in [5.74, 6) is 0. The molecule has 0 amide bonds. The van der Waals surface area contributed by atoms with Crippen LogP contribution in [0.15, 0.2) is 30.3 Å². The molecule has 15 heavy (non-hydrogen) atoms. The van der Waals surface area contributed by atoms with Gasteiger partial charge in [0, 0.05) is 0 Å². The molecule has 1 unspecified atom stereocenters. The molecule has 0 saturated carbocycles. The molecule has 0 bridgehead atoms. The second-order valence-corrected chi connectivity index (χ2v) is 4.79. The zero-order valence-corrected chi connectivity index (χ0v) is 9.68. The molecule has 0 aliphatic carbocycles. The molecule has 0 fully saturated rings. The van der Waals surface area contributed by atoms with E-state index in [1.54, 1.807) is 13.8 Å². The summed E-state index contributed by atoms with van der Waals surface area (Å²) >= 11 is 0. The molecular weight excluding hydrogens is 215 g/mol. The van der Waals surface area contributed by atoms with E-state index in [0.29, 0.717) is 0 Å². The van der Waals surface area contributed by atoms with Gasteiger partial charge in [-0.2, -0.15) is 0 Å². The molecule has 4 nitrogen and oxygen atoms in total. The van der Waals surface area contributed by atoms with E-state index < -0.39 is 7.82 Å². The summed E-state index contributed by atoms with van der Waals surface area (Å²) in [6.07, 6.45) is -0.336. The second kappa shape index (κ2) is 5.42. The Morgan fingerprint density at radius 1 is 1.33 bits per heavy atom. The van der Waals surface area contributed by atoms with Crippen LogP contribution in [0.5, 0.6) is 0 Å². The molecule has 1 rings (SSSR count). The molecule has 0 spiro atoms. The van der Waals surface area contributed by atoms with Crippen molar-refractivity contribution in [2.75, 3.05) is 0 Å². The molecule has 0 aliphatic heterocycles. The Morgan fingerprint density at radius 2 is 1.93 bits per heavy atom. The van der Waals surface area contributed by atoms with E-state index in [4.69, 9.17) is 9.05 Å². The minimum Gasteiger partial charge on any atom is -0.302 e. The van der Waals surface area contributed by atoms with Crippen LogP contribution < -0.4 is 0 Å². The number of rotatable bonds is 5. The fourth-order valence-electron chi connectivity index (χ4n) is 1.03. The fourth-order valence-corrected chi connectivity index (χ4v) is 1.93. The van der Waals surface area contributed by atoms with Crippen LogP contribution in [0.1, 0.15) is 19.4 Å². The van der Waals surface area contributed by atoms with Crippen molar-refractivity contribution >= 4 is 7.82 Å². The summed E-state index contributed by atoms with van der Waals surface area (Å²) in [5.41, 5.74) is 0.833. The number of phosphoric ester groups is 1. The highest BCUT2D eigenvalue weighted by molar-refractivity contribution is 7.47. The van der Waals surface area contributed by atoms with Crippen molar-refractivity contribution in [1.82, 2.24) is 0 Å². The summed E-state index contributed by atoms with van der Waals surface area (Å²) in [6, 6.07) is 9.17. The molecule has 0 aliphatic rings. The van der Waals surface area contributed by atoms with Crippen molar-refractivity contribution < 1.29 is 18.5 Å². The smallest absolute Gasteiger partial charge is 0.302 e. The van der Waals surface area contributed by atoms with Crippen LogP contribution in [-0.2, 0) is 20.2 Å². The maximum atomic E-state index is 11.3. The van der Waals surface area contributed by atoms with Gasteiger partial charge in [0.15, 0.2) is 0 Å². The highest BCUT2D eigenvalue weighted by Crippen LogP contribution is 2.45. The molecule has 1 aromatic rings. The van der Waals surface area contributed by atoms with Crippen molar-refractivity contribution in [1.29, 1.82) is 0 Å². The highest BCUT2D eigenvalue weighted by Gasteiger charge is 2.22. The average Bonchev–Trinajstić information content (AvgIpc) is 2.15. The standard InChI is InChI=1S/C10H15O4P/c1-9(2)14-15(11,12)13-8-10-6-4-3-5-7-10/h3-7,9H,8H2,1-2H3,(H,11,12). The van der Waals surface area contributed by atoms with E-state index in [9.17, 15) is 9.46 Å². The van der Waals surface area contributed by atoms with Gasteiger partial charge in [-0.15, -0.1) is 0 Å². The van der Waals surface area contributed by atoms with Gasteiger partial charge in [-0.1, -0.05) is 30.3 Å². The third-order valence-corrected chi connectivity index (χ3v) is 2.72. The van der Waals surface area contributed by atoms with E-state index in [-0.39, 0.29) is 12.7 Å². The van der Waals surface area contributed by atoms with Crippen LogP contribution >= 0.6 is 7.82 Å². The molecule has 84 valence electrons. The van der Waals surface area contributed by atoms with Gasteiger partial charge in [-0.3, -0.25) is 9.05 Å². The summed E-state index contributed by atoms with van der Waals surface area (Å²) < 4.78 is 20.9. The maximum Gasteiger partial charge on any atom is 0.472 e. The summed E-state index contributed by atoms with van der Waals surface area (Å²) in [7, 11) is -3.91. The Bertz CT molecular complexity index is 337. The lowest BCUT2D eigenvalue weighted by Crippen LogP contribution is -2.02. The van der Waals surface area contributed by atoms with E-state index in [1.807, 2.05) is 30.3 Å². The van der Waals surface area contributed by atoms with Gasteiger partial charge < -0.3 is 4.89 Å². The molecule has 1 atom stereocenters. The summed E-state index contributed by atoms with van der Waals surface area (Å²) in [5, 5.41) is 0. The Hall–Kier alpha value is -0.670. The predicted molar refractivity (Wildman–Crippen MR) is 57.3 cm³/mol. The first kappa shape index (κ1) is 12.4. The highest BCUT2D eigenvalue weighted by atomic mass is 31.2. The van der Waals surface area contributed by atoms with Crippen molar-refractivity contribution in [2.45, 2.75) is 26.6 Å². The Morgan fingerprint density at radius 3 is 2.47 bits per heavy atom. The Balaban J connectivity index is 2.46. The third-order valence-electron chi connectivity index (χ3n) is 1.58. The second-order valence-electron chi connectivity index (χ2n) is 3.38. The molecule has 1 aromatic carbocycles. The van der Waals surface area contributed by atoms with Gasteiger partial charge in [-0.05, 0) is 19.4 Å². The molecular formula is C10H15O4P. The van der Waals surface area contributed by atoms with Crippen LogP contribution in [0.25, 0.3) is 0 Å². The third kappa shape index (κ3) is 5.09. The van der Waals surface area contributed by atoms with Crippen LogP contribution in [-0.4, -0.2) is 11.0 Å². The molecule has 5 heteroatoms. The van der Waals surface area contributed by atoms with Crippen LogP contribution in [0.3, 0.4) is 0 Å². The van der Waals surface area contributed by atoms with E-state index >= 15 is 0 Å². The van der Waals surface area contributed by atoms with Crippen molar-refractivity contribution in [3.63, 3.8) is 0 Å². The summed E-state index contributed by atoms with van der Waals surface area (Å²) in [4.78, 5) is 9.26. The lowest BCUT2D eigenvalue weighted by Gasteiger charge is -2.14. The summed E-state index contributed by atoms with van der Waals surface area (Å²) in [6.45, 7) is 3.42. The Kier molecular flexibility index (Phi) is 4.48.